The zero-order chi connectivity index (χ0) is 24.6. The molecule has 3 heterocycles. The number of Topliss-reactive ketones (excluding diaryl/α,β-unsaturated/α-hetero) is 1. The van der Waals surface area contributed by atoms with Crippen LogP contribution >= 0.6 is 0 Å². The molecule has 9 heteroatoms. The quantitative estimate of drug-likeness (QED) is 0.391. The molecule has 2 aliphatic rings. The summed E-state index contributed by atoms with van der Waals surface area (Å²) in [5, 5.41) is 0.931. The third-order valence-electron chi connectivity index (χ3n) is 6.44. The largest absolute Gasteiger partial charge is 0.353 e. The van der Waals surface area contributed by atoms with Gasteiger partial charge in [-0.25, -0.2) is 18.4 Å². The summed E-state index contributed by atoms with van der Waals surface area (Å²) in [6, 6.07) is 12.2. The molecule has 1 saturated heterocycles. The zero-order valence-electron chi connectivity index (χ0n) is 19.7. The van der Waals surface area contributed by atoms with Crippen molar-refractivity contribution in [2.24, 2.45) is 0 Å². The number of hydrogen-bond donors (Lipinski definition) is 0. The van der Waals surface area contributed by atoms with Gasteiger partial charge in [0.25, 0.3) is 0 Å². The average Bonchev–Trinajstić information content (AvgIpc) is 3.38. The van der Waals surface area contributed by atoms with Crippen molar-refractivity contribution in [3.63, 3.8) is 0 Å². The van der Waals surface area contributed by atoms with Crippen molar-refractivity contribution < 1.29 is 13.2 Å². The van der Waals surface area contributed by atoms with Crippen LogP contribution in [0.1, 0.15) is 36.2 Å². The highest BCUT2D eigenvalue weighted by Gasteiger charge is 2.29. The number of anilines is 1. The molecule has 0 aliphatic carbocycles. The summed E-state index contributed by atoms with van der Waals surface area (Å²) in [6.07, 6.45) is 6.42. The van der Waals surface area contributed by atoms with Crippen molar-refractivity contribution in [2.45, 2.75) is 25.2 Å². The summed E-state index contributed by atoms with van der Waals surface area (Å²) in [4.78, 5) is 22.8. The normalized spacial score (nSPS) is 16.5. The molecule has 0 unspecified atom stereocenters. The Labute approximate surface area is 204 Å². The molecule has 5 rings (SSSR count). The lowest BCUT2D eigenvalue weighted by molar-refractivity contribution is 0.101. The fourth-order valence-electron chi connectivity index (χ4n) is 4.38. The van der Waals surface area contributed by atoms with Gasteiger partial charge in [-0.05, 0) is 36.8 Å². The molecule has 1 aromatic heterocycles. The minimum absolute atomic E-state index is 0.0942. The monoisotopic (exact) mass is 488 g/mol. The van der Waals surface area contributed by atoms with Crippen molar-refractivity contribution in [3.05, 3.63) is 66.0 Å². The first-order valence-corrected chi connectivity index (χ1v) is 13.0. The van der Waals surface area contributed by atoms with E-state index in [-0.39, 0.29) is 10.7 Å². The second kappa shape index (κ2) is 9.19. The number of aromatic nitrogens is 2. The SMILES string of the molecule is CCC1=[N+]=CC(c2ccc3ncnc(N4CCN(S(=O)(=O)c5ccc(C(C)=O)cc5)CC4)c3c2)=C1. The van der Waals surface area contributed by atoms with Crippen molar-refractivity contribution >= 4 is 50.0 Å². The Morgan fingerprint density at radius 3 is 2.43 bits per heavy atom. The lowest BCUT2D eigenvalue weighted by Gasteiger charge is -2.35. The van der Waals surface area contributed by atoms with E-state index in [0.717, 1.165) is 40.0 Å². The van der Waals surface area contributed by atoms with Gasteiger partial charge in [0, 0.05) is 49.6 Å². The highest BCUT2D eigenvalue weighted by atomic mass is 32.2. The van der Waals surface area contributed by atoms with Gasteiger partial charge in [-0.3, -0.25) is 4.79 Å². The van der Waals surface area contributed by atoms with Crippen LogP contribution in [0.3, 0.4) is 0 Å². The van der Waals surface area contributed by atoms with E-state index in [1.807, 2.05) is 18.3 Å². The van der Waals surface area contributed by atoms with E-state index in [4.69, 9.17) is 0 Å². The molecule has 0 atom stereocenters. The molecule has 0 bridgehead atoms. The van der Waals surface area contributed by atoms with Crippen LogP contribution in [0.4, 0.5) is 5.82 Å². The number of ketones is 1. The number of carbonyl (C=O) groups is 1. The molecule has 3 aromatic rings. The Kier molecular flexibility index (Phi) is 6.06. The first-order chi connectivity index (χ1) is 16.9. The first-order valence-electron chi connectivity index (χ1n) is 11.6. The van der Waals surface area contributed by atoms with Gasteiger partial charge < -0.3 is 4.90 Å². The van der Waals surface area contributed by atoms with Crippen LogP contribution in [0, 0.1) is 0 Å². The molecule has 35 heavy (non-hydrogen) atoms. The third kappa shape index (κ3) is 4.41. The average molecular weight is 489 g/mol. The van der Waals surface area contributed by atoms with Gasteiger partial charge in [-0.2, -0.15) is 4.31 Å². The van der Waals surface area contributed by atoms with Crippen molar-refractivity contribution in [3.8, 4) is 0 Å². The second-order valence-corrected chi connectivity index (χ2v) is 10.5. The first kappa shape index (κ1) is 23.1. The van der Waals surface area contributed by atoms with Gasteiger partial charge in [-0.1, -0.05) is 29.8 Å². The summed E-state index contributed by atoms with van der Waals surface area (Å²) in [5.74, 6) is 0.707. The van der Waals surface area contributed by atoms with Crippen LogP contribution in [0.2, 0.25) is 0 Å². The molecule has 0 radical (unpaired) electrons. The lowest BCUT2D eigenvalue weighted by Crippen LogP contribution is -2.49. The molecular weight excluding hydrogens is 462 g/mol. The van der Waals surface area contributed by atoms with E-state index in [1.165, 1.54) is 23.4 Å². The molecule has 178 valence electrons. The standard InChI is InChI=1S/C26H26N5O3S/c1-3-22-14-21(16-27-22)20-6-9-25-24(15-20)26(29-17-28-25)30-10-12-31(13-11-30)35(33,34)23-7-4-19(5-8-23)18(2)32/h4-9,14-17H,3,10-13H2,1-2H3/q+1. The molecule has 0 spiro atoms. The lowest BCUT2D eigenvalue weighted by atomic mass is 10.0. The van der Waals surface area contributed by atoms with E-state index in [2.05, 4.69) is 38.6 Å². The molecular formula is C26H26N5O3S+. The second-order valence-electron chi connectivity index (χ2n) is 8.60. The van der Waals surface area contributed by atoms with Crippen LogP contribution in [0.25, 0.3) is 16.5 Å². The minimum atomic E-state index is -3.64. The Morgan fingerprint density at radius 1 is 1.03 bits per heavy atom. The Morgan fingerprint density at radius 2 is 1.77 bits per heavy atom. The molecule has 0 N–H and O–H groups in total. The van der Waals surface area contributed by atoms with Crippen LogP contribution in [0.15, 0.2) is 59.8 Å². The van der Waals surface area contributed by atoms with Gasteiger partial charge in [0.2, 0.25) is 10.0 Å². The number of hydrogen-bond acceptors (Lipinski definition) is 6. The fourth-order valence-corrected chi connectivity index (χ4v) is 5.81. The summed E-state index contributed by atoms with van der Waals surface area (Å²) in [7, 11) is -3.64. The van der Waals surface area contributed by atoms with Crippen LogP contribution < -0.4 is 9.57 Å². The van der Waals surface area contributed by atoms with Gasteiger partial charge in [0.15, 0.2) is 5.78 Å². The molecule has 2 aliphatic heterocycles. The van der Waals surface area contributed by atoms with Crippen molar-refractivity contribution in [1.29, 1.82) is 0 Å². The smallest absolute Gasteiger partial charge is 0.304 e. The van der Waals surface area contributed by atoms with Crippen LogP contribution in [-0.2, 0) is 10.0 Å². The highest BCUT2D eigenvalue weighted by Crippen LogP contribution is 2.28. The van der Waals surface area contributed by atoms with E-state index in [0.29, 0.717) is 31.7 Å². The maximum Gasteiger partial charge on any atom is 0.304 e. The van der Waals surface area contributed by atoms with Crippen LogP contribution in [-0.4, -0.2) is 66.6 Å². The fraction of sp³-hybridized carbons (Fsp3) is 0.269. The third-order valence-corrected chi connectivity index (χ3v) is 8.35. The zero-order valence-corrected chi connectivity index (χ0v) is 20.5. The van der Waals surface area contributed by atoms with E-state index in [1.54, 1.807) is 18.5 Å². The summed E-state index contributed by atoms with van der Waals surface area (Å²) < 4.78 is 32.2. The molecule has 8 nitrogen and oxygen atoms in total. The van der Waals surface area contributed by atoms with Gasteiger partial charge in [0.05, 0.1) is 16.0 Å². The Balaban J connectivity index is 1.36. The molecule has 0 saturated carbocycles. The van der Waals surface area contributed by atoms with E-state index in [9.17, 15) is 13.2 Å². The molecule has 2 aromatic carbocycles. The predicted octanol–water partition coefficient (Wildman–Crippen LogP) is 2.73. The number of allylic oxidation sites excluding steroid dienone is 2. The molecule has 0 amide bonds. The van der Waals surface area contributed by atoms with Gasteiger partial charge in [0.1, 0.15) is 12.1 Å². The number of nitrogens with zero attached hydrogens (tertiary/aromatic N) is 5. The molecule has 1 fully saturated rings. The Hall–Kier alpha value is -3.65. The Bertz CT molecular complexity index is 1510. The highest BCUT2D eigenvalue weighted by molar-refractivity contribution is 7.89. The maximum atomic E-state index is 13.1. The number of piperazine rings is 1. The van der Waals surface area contributed by atoms with E-state index >= 15 is 0 Å². The van der Waals surface area contributed by atoms with Gasteiger partial charge >= 0.3 is 11.9 Å². The van der Waals surface area contributed by atoms with Crippen LogP contribution in [0.5, 0.6) is 0 Å². The topological polar surface area (TPSA) is 97.6 Å². The van der Waals surface area contributed by atoms with E-state index < -0.39 is 10.0 Å². The number of sulfonamides is 1. The summed E-state index contributed by atoms with van der Waals surface area (Å²) >= 11 is 0. The predicted molar refractivity (Wildman–Crippen MR) is 138 cm³/mol. The van der Waals surface area contributed by atoms with Gasteiger partial charge in [-0.15, -0.1) is 0 Å². The van der Waals surface area contributed by atoms with Crippen molar-refractivity contribution in [2.75, 3.05) is 31.1 Å². The maximum absolute atomic E-state index is 13.1. The summed E-state index contributed by atoms with van der Waals surface area (Å²) in [6.45, 7) is 5.25. The number of rotatable bonds is 6. The number of carbonyl (C=O) groups excluding carboxylic acids is 1. The number of fused-ring (bicyclic) bond motifs is 1. The summed E-state index contributed by atoms with van der Waals surface area (Å²) in [5.41, 5.74) is 4.50. The number of benzene rings is 2. The van der Waals surface area contributed by atoms with Crippen molar-refractivity contribution in [1.82, 2.24) is 18.9 Å². The minimum Gasteiger partial charge on any atom is -0.353 e.